The van der Waals surface area contributed by atoms with Crippen molar-refractivity contribution in [2.45, 2.75) is 19.3 Å². The molecule has 7 heteroatoms. The van der Waals surface area contributed by atoms with Crippen LogP contribution < -0.4 is 10.1 Å². The average Bonchev–Trinajstić information content (AvgIpc) is 2.46. The van der Waals surface area contributed by atoms with Gasteiger partial charge in [0, 0.05) is 6.04 Å². The molecule has 0 spiro atoms. The number of hydrogen-bond donors (Lipinski definition) is 1. The van der Waals surface area contributed by atoms with E-state index in [0.717, 1.165) is 5.56 Å². The lowest BCUT2D eigenvalue weighted by Gasteiger charge is -2.16. The van der Waals surface area contributed by atoms with Crippen LogP contribution in [0.5, 0.6) is 5.75 Å². The zero-order valence-corrected chi connectivity index (χ0v) is 11.6. The van der Waals surface area contributed by atoms with Crippen molar-refractivity contribution in [2.75, 3.05) is 5.32 Å². The van der Waals surface area contributed by atoms with Crippen LogP contribution in [0.1, 0.15) is 24.2 Å². The quantitative estimate of drug-likeness (QED) is 0.926. The Morgan fingerprint density at radius 1 is 1.18 bits per heavy atom. The number of anilines is 1. The molecule has 0 aliphatic rings. The molecule has 2 aromatic rings. The lowest BCUT2D eigenvalue weighted by Crippen LogP contribution is -2.17. The largest absolute Gasteiger partial charge is 0.573 e. The van der Waals surface area contributed by atoms with Crippen LogP contribution in [0, 0.1) is 11.3 Å². The van der Waals surface area contributed by atoms with Gasteiger partial charge in [-0.25, -0.2) is 4.98 Å². The van der Waals surface area contributed by atoms with E-state index >= 15 is 0 Å². The summed E-state index contributed by atoms with van der Waals surface area (Å²) in [4.78, 5) is 4.08. The van der Waals surface area contributed by atoms with Crippen LogP contribution in [0.3, 0.4) is 0 Å². The number of alkyl halides is 3. The minimum Gasteiger partial charge on any atom is -0.406 e. The van der Waals surface area contributed by atoms with Crippen molar-refractivity contribution in [2.24, 2.45) is 0 Å². The van der Waals surface area contributed by atoms with Crippen molar-refractivity contribution in [1.82, 2.24) is 4.98 Å². The van der Waals surface area contributed by atoms with E-state index in [4.69, 9.17) is 5.26 Å². The second kappa shape index (κ2) is 6.35. The predicted molar refractivity (Wildman–Crippen MR) is 74.1 cm³/mol. The SMILES string of the molecule is C[C@H](Nc1cccc(C#N)n1)c1ccc(OC(F)(F)F)cc1. The normalized spacial score (nSPS) is 12.3. The summed E-state index contributed by atoms with van der Waals surface area (Å²) in [6, 6.07) is 12.3. The third-order valence-corrected chi connectivity index (χ3v) is 2.84. The molecule has 1 N–H and O–H groups in total. The Labute approximate surface area is 125 Å². The van der Waals surface area contributed by atoms with Gasteiger partial charge in [0.25, 0.3) is 0 Å². The number of hydrogen-bond acceptors (Lipinski definition) is 4. The molecule has 0 amide bonds. The summed E-state index contributed by atoms with van der Waals surface area (Å²) in [6.07, 6.45) is -4.70. The lowest BCUT2D eigenvalue weighted by molar-refractivity contribution is -0.274. The average molecular weight is 307 g/mol. The van der Waals surface area contributed by atoms with Crippen molar-refractivity contribution in [1.29, 1.82) is 5.26 Å². The fraction of sp³-hybridized carbons (Fsp3) is 0.200. The predicted octanol–water partition coefficient (Wildman–Crippen LogP) is 4.02. The van der Waals surface area contributed by atoms with E-state index in [-0.39, 0.29) is 17.5 Å². The molecule has 0 aliphatic carbocycles. The smallest absolute Gasteiger partial charge is 0.406 e. The molecule has 22 heavy (non-hydrogen) atoms. The third-order valence-electron chi connectivity index (χ3n) is 2.84. The molecule has 0 fully saturated rings. The number of aromatic nitrogens is 1. The van der Waals surface area contributed by atoms with E-state index in [1.807, 2.05) is 13.0 Å². The molecule has 2 rings (SSSR count). The molecule has 1 heterocycles. The zero-order valence-electron chi connectivity index (χ0n) is 11.6. The first-order valence-electron chi connectivity index (χ1n) is 6.37. The highest BCUT2D eigenvalue weighted by Crippen LogP contribution is 2.25. The summed E-state index contributed by atoms with van der Waals surface area (Å²) in [7, 11) is 0. The number of nitrogens with one attached hydrogen (secondary N) is 1. The number of halogens is 3. The first-order chi connectivity index (χ1) is 10.4. The Bertz CT molecular complexity index is 678. The summed E-state index contributed by atoms with van der Waals surface area (Å²) >= 11 is 0. The molecular weight excluding hydrogens is 295 g/mol. The maximum atomic E-state index is 12.1. The van der Waals surface area contributed by atoms with Crippen molar-refractivity contribution in [3.63, 3.8) is 0 Å². The van der Waals surface area contributed by atoms with Crippen LogP contribution in [-0.4, -0.2) is 11.3 Å². The van der Waals surface area contributed by atoms with Gasteiger partial charge < -0.3 is 10.1 Å². The topological polar surface area (TPSA) is 57.9 Å². The van der Waals surface area contributed by atoms with E-state index in [1.165, 1.54) is 24.3 Å². The van der Waals surface area contributed by atoms with Gasteiger partial charge in [0.05, 0.1) is 0 Å². The fourth-order valence-electron chi connectivity index (χ4n) is 1.84. The van der Waals surface area contributed by atoms with Crippen LogP contribution in [0.2, 0.25) is 0 Å². The monoisotopic (exact) mass is 307 g/mol. The summed E-state index contributed by atoms with van der Waals surface area (Å²) in [6.45, 7) is 1.83. The second-order valence-electron chi connectivity index (χ2n) is 4.50. The third kappa shape index (κ3) is 4.38. The number of ether oxygens (including phenoxy) is 1. The minimum atomic E-state index is -4.70. The first-order valence-corrected chi connectivity index (χ1v) is 6.37. The fourth-order valence-corrected chi connectivity index (χ4v) is 1.84. The Kier molecular flexibility index (Phi) is 4.51. The molecule has 1 aromatic heterocycles. The van der Waals surface area contributed by atoms with Gasteiger partial charge in [0.2, 0.25) is 0 Å². The van der Waals surface area contributed by atoms with Gasteiger partial charge in [-0.1, -0.05) is 18.2 Å². The summed E-state index contributed by atoms with van der Waals surface area (Å²) in [5.74, 6) is 0.246. The molecule has 0 bridgehead atoms. The Morgan fingerprint density at radius 2 is 1.86 bits per heavy atom. The molecule has 0 radical (unpaired) electrons. The van der Waals surface area contributed by atoms with Gasteiger partial charge in [-0.15, -0.1) is 13.2 Å². The van der Waals surface area contributed by atoms with Gasteiger partial charge in [-0.2, -0.15) is 5.26 Å². The molecule has 114 valence electrons. The summed E-state index contributed by atoms with van der Waals surface area (Å²) in [5, 5.41) is 11.9. The van der Waals surface area contributed by atoms with E-state index in [2.05, 4.69) is 15.0 Å². The number of nitriles is 1. The maximum Gasteiger partial charge on any atom is 0.573 e. The van der Waals surface area contributed by atoms with E-state index in [0.29, 0.717) is 5.82 Å². The highest BCUT2D eigenvalue weighted by molar-refractivity contribution is 5.41. The molecule has 0 saturated heterocycles. The number of pyridine rings is 1. The minimum absolute atomic E-state index is 0.193. The Balaban J connectivity index is 2.06. The van der Waals surface area contributed by atoms with Gasteiger partial charge in [-0.3, -0.25) is 0 Å². The number of benzene rings is 1. The van der Waals surface area contributed by atoms with Crippen LogP contribution in [0.25, 0.3) is 0 Å². The van der Waals surface area contributed by atoms with E-state index < -0.39 is 6.36 Å². The van der Waals surface area contributed by atoms with Crippen LogP contribution in [0.4, 0.5) is 19.0 Å². The second-order valence-corrected chi connectivity index (χ2v) is 4.50. The standard InChI is InChI=1S/C15H12F3N3O/c1-10(20-14-4-2-3-12(9-19)21-14)11-5-7-13(8-6-11)22-15(16,17)18/h2-8,10H,1H3,(H,20,21)/t10-/m0/s1. The summed E-state index contributed by atoms with van der Waals surface area (Å²) < 4.78 is 40.1. The van der Waals surface area contributed by atoms with Crippen molar-refractivity contribution >= 4 is 5.82 Å². The molecular formula is C15H12F3N3O. The van der Waals surface area contributed by atoms with Crippen molar-refractivity contribution < 1.29 is 17.9 Å². The van der Waals surface area contributed by atoms with Gasteiger partial charge >= 0.3 is 6.36 Å². The zero-order chi connectivity index (χ0) is 16.2. The number of rotatable bonds is 4. The lowest BCUT2D eigenvalue weighted by atomic mass is 10.1. The van der Waals surface area contributed by atoms with Gasteiger partial charge in [0.1, 0.15) is 23.3 Å². The molecule has 0 unspecified atom stereocenters. The highest BCUT2D eigenvalue weighted by Gasteiger charge is 2.31. The molecule has 1 atom stereocenters. The van der Waals surface area contributed by atoms with Crippen LogP contribution in [0.15, 0.2) is 42.5 Å². The van der Waals surface area contributed by atoms with Gasteiger partial charge in [-0.05, 0) is 36.8 Å². The van der Waals surface area contributed by atoms with Gasteiger partial charge in [0.15, 0.2) is 0 Å². The highest BCUT2D eigenvalue weighted by atomic mass is 19.4. The number of nitrogens with zero attached hydrogens (tertiary/aromatic N) is 2. The molecule has 4 nitrogen and oxygen atoms in total. The van der Waals surface area contributed by atoms with E-state index in [9.17, 15) is 13.2 Å². The van der Waals surface area contributed by atoms with Crippen molar-refractivity contribution in [3.8, 4) is 11.8 Å². The Morgan fingerprint density at radius 3 is 2.45 bits per heavy atom. The summed E-state index contributed by atoms with van der Waals surface area (Å²) in [5.41, 5.74) is 1.05. The van der Waals surface area contributed by atoms with E-state index in [1.54, 1.807) is 18.2 Å². The molecule has 0 aliphatic heterocycles. The maximum absolute atomic E-state index is 12.1. The van der Waals surface area contributed by atoms with Crippen LogP contribution >= 0.6 is 0 Å². The molecule has 0 saturated carbocycles. The van der Waals surface area contributed by atoms with Crippen molar-refractivity contribution in [3.05, 3.63) is 53.7 Å². The van der Waals surface area contributed by atoms with Crippen LogP contribution in [-0.2, 0) is 0 Å². The Hall–Kier alpha value is -2.75. The first kappa shape index (κ1) is 15.6. The molecule has 1 aromatic carbocycles.